The zero-order valence-corrected chi connectivity index (χ0v) is 15.5. The average Bonchev–Trinajstić information content (AvgIpc) is 3.21. The number of hydrogen-bond donors (Lipinski definition) is 1. The highest BCUT2D eigenvalue weighted by Gasteiger charge is 2.28. The number of amides is 1. The highest BCUT2D eigenvalue weighted by Crippen LogP contribution is 2.26. The van der Waals surface area contributed by atoms with Crippen molar-refractivity contribution in [3.05, 3.63) is 58.3 Å². The summed E-state index contributed by atoms with van der Waals surface area (Å²) in [7, 11) is 1.62. The third kappa shape index (κ3) is 4.72. The molecular formula is C20H23NO4S. The minimum atomic E-state index is -0.584. The quantitative estimate of drug-likeness (QED) is 0.791. The van der Waals surface area contributed by atoms with Crippen molar-refractivity contribution in [1.29, 1.82) is 0 Å². The molecule has 2 heterocycles. The number of carbonyl (C=O) groups is 1. The molecule has 0 spiro atoms. The first kappa shape index (κ1) is 18.6. The second kappa shape index (κ2) is 8.98. The molecule has 0 saturated carbocycles. The van der Waals surface area contributed by atoms with Crippen LogP contribution in [0.1, 0.15) is 23.0 Å². The highest BCUT2D eigenvalue weighted by atomic mass is 32.1. The normalized spacial score (nSPS) is 18.8. The zero-order chi connectivity index (χ0) is 18.4. The van der Waals surface area contributed by atoms with Gasteiger partial charge in [0.05, 0.1) is 32.5 Å². The number of carbonyl (C=O) groups excluding carboxylic acids is 1. The molecule has 1 amide bonds. The number of ether oxygens (including phenoxy) is 2. The van der Waals surface area contributed by atoms with Crippen LogP contribution in [0.3, 0.4) is 0 Å². The fourth-order valence-corrected chi connectivity index (χ4v) is 3.73. The van der Waals surface area contributed by atoms with E-state index in [1.807, 2.05) is 41.8 Å². The minimum Gasteiger partial charge on any atom is -0.497 e. The molecule has 5 nitrogen and oxygen atoms in total. The predicted molar refractivity (Wildman–Crippen MR) is 102 cm³/mol. The van der Waals surface area contributed by atoms with Gasteiger partial charge < -0.3 is 19.5 Å². The fraction of sp³-hybridized carbons (Fsp3) is 0.350. The Kier molecular flexibility index (Phi) is 6.44. The summed E-state index contributed by atoms with van der Waals surface area (Å²) in [4.78, 5) is 15.4. The third-order valence-corrected chi connectivity index (χ3v) is 5.36. The topological polar surface area (TPSA) is 59.0 Å². The molecule has 0 aliphatic carbocycles. The molecule has 2 aromatic rings. The van der Waals surface area contributed by atoms with E-state index in [9.17, 15) is 9.90 Å². The van der Waals surface area contributed by atoms with Crippen molar-refractivity contribution < 1.29 is 19.4 Å². The summed E-state index contributed by atoms with van der Waals surface area (Å²) in [5.41, 5.74) is 0.904. The number of benzene rings is 1. The molecule has 3 rings (SSSR count). The zero-order valence-electron chi connectivity index (χ0n) is 14.7. The molecule has 1 aliphatic heterocycles. The molecule has 1 saturated heterocycles. The Hall–Kier alpha value is -2.15. The summed E-state index contributed by atoms with van der Waals surface area (Å²) in [6.45, 7) is 1.49. The molecule has 26 heavy (non-hydrogen) atoms. The average molecular weight is 373 g/mol. The smallest absolute Gasteiger partial charge is 0.246 e. The highest BCUT2D eigenvalue weighted by molar-refractivity contribution is 7.10. The lowest BCUT2D eigenvalue weighted by Crippen LogP contribution is -2.48. The maximum absolute atomic E-state index is 12.7. The van der Waals surface area contributed by atoms with E-state index in [-0.39, 0.29) is 11.9 Å². The van der Waals surface area contributed by atoms with E-state index < -0.39 is 6.10 Å². The van der Waals surface area contributed by atoms with Crippen LogP contribution in [0.5, 0.6) is 5.75 Å². The van der Waals surface area contributed by atoms with Crippen molar-refractivity contribution in [2.45, 2.75) is 18.6 Å². The summed E-state index contributed by atoms with van der Waals surface area (Å²) in [6.07, 6.45) is 3.25. The molecule has 138 valence electrons. The largest absolute Gasteiger partial charge is 0.497 e. The Morgan fingerprint density at radius 3 is 3.12 bits per heavy atom. The molecule has 0 bridgehead atoms. The van der Waals surface area contributed by atoms with Gasteiger partial charge in [-0.3, -0.25) is 4.79 Å². The second-order valence-corrected chi connectivity index (χ2v) is 7.12. The summed E-state index contributed by atoms with van der Waals surface area (Å²) in [5.74, 6) is 0.683. The number of morpholine rings is 1. The Balaban J connectivity index is 1.66. The van der Waals surface area contributed by atoms with Gasteiger partial charge in [-0.15, -0.1) is 11.3 Å². The lowest BCUT2D eigenvalue weighted by Gasteiger charge is -2.36. The van der Waals surface area contributed by atoms with E-state index in [1.165, 1.54) is 11.3 Å². The molecule has 1 fully saturated rings. The van der Waals surface area contributed by atoms with E-state index in [2.05, 4.69) is 0 Å². The van der Waals surface area contributed by atoms with Crippen molar-refractivity contribution in [2.75, 3.05) is 26.9 Å². The number of nitrogens with zero attached hydrogens (tertiary/aromatic N) is 1. The van der Waals surface area contributed by atoms with Crippen molar-refractivity contribution in [1.82, 2.24) is 4.90 Å². The first-order chi connectivity index (χ1) is 12.7. The van der Waals surface area contributed by atoms with Gasteiger partial charge in [0.1, 0.15) is 5.75 Å². The molecule has 6 heteroatoms. The van der Waals surface area contributed by atoms with Crippen LogP contribution in [0, 0.1) is 0 Å². The van der Waals surface area contributed by atoms with Crippen LogP contribution in [0.25, 0.3) is 6.08 Å². The Labute approximate surface area is 157 Å². The summed E-state index contributed by atoms with van der Waals surface area (Å²) >= 11 is 1.52. The number of rotatable bonds is 6. The summed E-state index contributed by atoms with van der Waals surface area (Å²) in [5, 5.41) is 12.4. The van der Waals surface area contributed by atoms with Gasteiger partial charge in [-0.1, -0.05) is 18.2 Å². The number of methoxy groups -OCH3 is 1. The maximum atomic E-state index is 12.7. The lowest BCUT2D eigenvalue weighted by atomic mass is 10.1. The van der Waals surface area contributed by atoms with Gasteiger partial charge in [0.25, 0.3) is 0 Å². The number of hydrogen-bond acceptors (Lipinski definition) is 5. The monoisotopic (exact) mass is 373 g/mol. The fourth-order valence-electron chi connectivity index (χ4n) is 3.00. The first-order valence-corrected chi connectivity index (χ1v) is 9.47. The van der Waals surface area contributed by atoms with E-state index in [1.54, 1.807) is 24.2 Å². The van der Waals surface area contributed by atoms with E-state index >= 15 is 0 Å². The van der Waals surface area contributed by atoms with Crippen LogP contribution in [-0.2, 0) is 9.53 Å². The predicted octanol–water partition coefficient (Wildman–Crippen LogP) is 3.12. The van der Waals surface area contributed by atoms with Crippen LogP contribution >= 0.6 is 11.3 Å². The third-order valence-electron chi connectivity index (χ3n) is 4.39. The van der Waals surface area contributed by atoms with Crippen LogP contribution in [0.4, 0.5) is 0 Å². The molecule has 1 aliphatic rings. The molecule has 2 atom stereocenters. The Morgan fingerprint density at radius 2 is 2.35 bits per heavy atom. The van der Waals surface area contributed by atoms with Crippen LogP contribution in [-0.4, -0.2) is 48.8 Å². The second-order valence-electron chi connectivity index (χ2n) is 6.14. The first-order valence-electron chi connectivity index (χ1n) is 8.59. The van der Waals surface area contributed by atoms with E-state index in [4.69, 9.17) is 9.47 Å². The van der Waals surface area contributed by atoms with Crippen LogP contribution in [0.15, 0.2) is 47.9 Å². The molecule has 2 unspecified atom stereocenters. The molecular weight excluding hydrogens is 350 g/mol. The van der Waals surface area contributed by atoms with Crippen molar-refractivity contribution in [3.63, 3.8) is 0 Å². The van der Waals surface area contributed by atoms with Gasteiger partial charge in [-0.25, -0.2) is 0 Å². The number of aliphatic hydroxyl groups excluding tert-OH is 1. The molecule has 1 N–H and O–H groups in total. The Bertz CT molecular complexity index is 744. The SMILES string of the molecule is COc1cccc(/C=C/C(=O)N2CCOCC2CC(O)c2cccs2)c1. The van der Waals surface area contributed by atoms with Gasteiger partial charge in [0.2, 0.25) is 5.91 Å². The minimum absolute atomic E-state index is 0.0699. The van der Waals surface area contributed by atoms with Gasteiger partial charge in [0, 0.05) is 23.9 Å². The Morgan fingerprint density at radius 1 is 1.46 bits per heavy atom. The van der Waals surface area contributed by atoms with Gasteiger partial charge >= 0.3 is 0 Å². The van der Waals surface area contributed by atoms with Crippen molar-refractivity contribution in [2.24, 2.45) is 0 Å². The van der Waals surface area contributed by atoms with Crippen molar-refractivity contribution in [3.8, 4) is 5.75 Å². The molecule has 0 radical (unpaired) electrons. The van der Waals surface area contributed by atoms with Crippen LogP contribution in [0.2, 0.25) is 0 Å². The van der Waals surface area contributed by atoms with E-state index in [0.29, 0.717) is 26.2 Å². The maximum Gasteiger partial charge on any atom is 0.246 e. The standard InChI is InChI=1S/C20H23NO4S/c1-24-17-5-2-4-15(12-17)7-8-20(23)21-9-10-25-14-16(21)13-18(22)19-6-3-11-26-19/h2-8,11-12,16,18,22H,9-10,13-14H2,1H3/b8-7+. The van der Waals surface area contributed by atoms with Gasteiger partial charge in [-0.05, 0) is 35.2 Å². The number of aliphatic hydroxyl groups is 1. The molecule has 1 aromatic carbocycles. The lowest BCUT2D eigenvalue weighted by molar-refractivity contribution is -0.135. The summed E-state index contributed by atoms with van der Waals surface area (Å²) < 4.78 is 10.7. The van der Waals surface area contributed by atoms with Gasteiger partial charge in [-0.2, -0.15) is 0 Å². The van der Waals surface area contributed by atoms with Crippen LogP contribution < -0.4 is 4.74 Å². The van der Waals surface area contributed by atoms with Gasteiger partial charge in [0.15, 0.2) is 0 Å². The summed E-state index contributed by atoms with van der Waals surface area (Å²) in [6, 6.07) is 11.2. The van der Waals surface area contributed by atoms with E-state index in [0.717, 1.165) is 16.2 Å². The number of thiophene rings is 1. The van der Waals surface area contributed by atoms with Crippen molar-refractivity contribution >= 4 is 23.3 Å². The molecule has 1 aromatic heterocycles.